The fourth-order valence-corrected chi connectivity index (χ4v) is 3.04. The maximum atomic E-state index is 12.3. The summed E-state index contributed by atoms with van der Waals surface area (Å²) in [6.07, 6.45) is 4.11. The predicted molar refractivity (Wildman–Crippen MR) is 78.7 cm³/mol. The van der Waals surface area contributed by atoms with E-state index in [-0.39, 0.29) is 17.4 Å². The van der Waals surface area contributed by atoms with E-state index < -0.39 is 0 Å². The van der Waals surface area contributed by atoms with Gasteiger partial charge in [0.25, 0.3) is 0 Å². The molecule has 0 aromatic heterocycles. The standard InChI is InChI=1S/C16H22N2O2/c1-20-16(7-4-8-16)11-18-15(19)13-9-12-5-2-3-6-14(12)17-10-13/h2-3,5-6,13,17H,4,7-11H2,1H3,(H,18,19). The second-order valence-corrected chi connectivity index (χ2v) is 5.90. The van der Waals surface area contributed by atoms with E-state index in [1.807, 2.05) is 12.1 Å². The molecule has 2 N–H and O–H groups in total. The van der Waals surface area contributed by atoms with Gasteiger partial charge in [-0.25, -0.2) is 0 Å². The summed E-state index contributed by atoms with van der Waals surface area (Å²) in [5, 5.41) is 6.41. The van der Waals surface area contributed by atoms with Crippen LogP contribution in [0, 0.1) is 5.92 Å². The first-order chi connectivity index (χ1) is 9.72. The van der Waals surface area contributed by atoms with Crippen LogP contribution >= 0.6 is 0 Å². The number of amides is 1. The number of anilines is 1. The minimum absolute atomic E-state index is 0.0129. The van der Waals surface area contributed by atoms with Gasteiger partial charge in [0.1, 0.15) is 0 Å². The highest BCUT2D eigenvalue weighted by Crippen LogP contribution is 2.34. The lowest BCUT2D eigenvalue weighted by Gasteiger charge is -2.40. The summed E-state index contributed by atoms with van der Waals surface area (Å²) in [4.78, 5) is 12.3. The molecule has 1 aliphatic carbocycles. The molecule has 1 aliphatic heterocycles. The molecule has 1 saturated carbocycles. The minimum atomic E-state index is -0.102. The first-order valence-corrected chi connectivity index (χ1v) is 7.37. The zero-order valence-electron chi connectivity index (χ0n) is 11.9. The number of ether oxygens (including phenoxy) is 1. The monoisotopic (exact) mass is 274 g/mol. The Labute approximate surface area is 119 Å². The third-order valence-electron chi connectivity index (χ3n) is 4.68. The Hall–Kier alpha value is -1.55. The van der Waals surface area contributed by atoms with Crippen LogP contribution in [0.4, 0.5) is 5.69 Å². The molecule has 1 atom stereocenters. The first kappa shape index (κ1) is 13.4. The van der Waals surface area contributed by atoms with Gasteiger partial charge in [0.05, 0.1) is 11.5 Å². The Morgan fingerprint density at radius 2 is 2.25 bits per heavy atom. The molecule has 1 aromatic rings. The number of hydrogen-bond acceptors (Lipinski definition) is 3. The Kier molecular flexibility index (Phi) is 3.66. The van der Waals surface area contributed by atoms with Gasteiger partial charge in [-0.3, -0.25) is 4.79 Å². The molecule has 0 spiro atoms. The molecule has 1 amide bonds. The maximum absolute atomic E-state index is 12.3. The predicted octanol–water partition coefficient (Wildman–Crippen LogP) is 1.96. The largest absolute Gasteiger partial charge is 0.384 e. The highest BCUT2D eigenvalue weighted by molar-refractivity contribution is 5.80. The van der Waals surface area contributed by atoms with Crippen LogP contribution in [-0.4, -0.2) is 31.7 Å². The summed E-state index contributed by atoms with van der Waals surface area (Å²) < 4.78 is 5.54. The van der Waals surface area contributed by atoms with E-state index in [0.29, 0.717) is 13.1 Å². The van der Waals surface area contributed by atoms with E-state index in [9.17, 15) is 4.79 Å². The normalized spacial score (nSPS) is 23.1. The zero-order valence-corrected chi connectivity index (χ0v) is 11.9. The number of carbonyl (C=O) groups excluding carboxylic acids is 1. The van der Waals surface area contributed by atoms with Gasteiger partial charge in [-0.15, -0.1) is 0 Å². The SMILES string of the molecule is COC1(CNC(=O)C2CNc3ccccc3C2)CCC1. The number of rotatable bonds is 4. The molecule has 3 rings (SSSR count). The molecule has 1 fully saturated rings. The molecule has 20 heavy (non-hydrogen) atoms. The fourth-order valence-electron chi connectivity index (χ4n) is 3.04. The molecule has 4 nitrogen and oxygen atoms in total. The molecule has 108 valence electrons. The number of para-hydroxylation sites is 1. The van der Waals surface area contributed by atoms with Crippen LogP contribution in [0.15, 0.2) is 24.3 Å². The van der Waals surface area contributed by atoms with Gasteiger partial charge in [0.15, 0.2) is 0 Å². The van der Waals surface area contributed by atoms with Crippen molar-refractivity contribution in [2.24, 2.45) is 5.92 Å². The third kappa shape index (κ3) is 2.52. The third-order valence-corrected chi connectivity index (χ3v) is 4.68. The summed E-state index contributed by atoms with van der Waals surface area (Å²) in [5.74, 6) is 0.147. The zero-order chi connectivity index (χ0) is 14.0. The smallest absolute Gasteiger partial charge is 0.225 e. The molecule has 0 saturated heterocycles. The first-order valence-electron chi connectivity index (χ1n) is 7.37. The molecule has 0 bridgehead atoms. The number of fused-ring (bicyclic) bond motifs is 1. The number of carbonyl (C=O) groups is 1. The Bertz CT molecular complexity index is 491. The van der Waals surface area contributed by atoms with Gasteiger partial charge in [0.2, 0.25) is 5.91 Å². The molecular formula is C16H22N2O2. The van der Waals surface area contributed by atoms with Crippen molar-refractivity contribution in [2.45, 2.75) is 31.3 Å². The molecule has 1 heterocycles. The second kappa shape index (κ2) is 5.44. The number of hydrogen-bond donors (Lipinski definition) is 2. The van der Waals surface area contributed by atoms with Crippen molar-refractivity contribution in [3.05, 3.63) is 29.8 Å². The van der Waals surface area contributed by atoms with Crippen LogP contribution in [0.25, 0.3) is 0 Å². The molecule has 0 radical (unpaired) electrons. The van der Waals surface area contributed by atoms with Gasteiger partial charge in [-0.05, 0) is 37.3 Å². The van der Waals surface area contributed by atoms with Gasteiger partial charge in [0, 0.05) is 25.9 Å². The average molecular weight is 274 g/mol. The Morgan fingerprint density at radius 3 is 2.95 bits per heavy atom. The summed E-state index contributed by atoms with van der Waals surface area (Å²) in [7, 11) is 1.74. The minimum Gasteiger partial charge on any atom is -0.384 e. The molecular weight excluding hydrogens is 252 g/mol. The van der Waals surface area contributed by atoms with Crippen molar-refractivity contribution in [1.29, 1.82) is 0 Å². The topological polar surface area (TPSA) is 50.4 Å². The Balaban J connectivity index is 1.56. The molecule has 4 heteroatoms. The summed E-state index contributed by atoms with van der Waals surface area (Å²) >= 11 is 0. The van der Waals surface area contributed by atoms with E-state index >= 15 is 0 Å². The van der Waals surface area contributed by atoms with Crippen molar-refractivity contribution >= 4 is 11.6 Å². The summed E-state index contributed by atoms with van der Waals surface area (Å²) in [6.45, 7) is 1.35. The van der Waals surface area contributed by atoms with Crippen LogP contribution in [0.3, 0.4) is 0 Å². The van der Waals surface area contributed by atoms with Gasteiger partial charge in [-0.1, -0.05) is 18.2 Å². The van der Waals surface area contributed by atoms with Crippen LogP contribution < -0.4 is 10.6 Å². The Morgan fingerprint density at radius 1 is 1.45 bits per heavy atom. The number of nitrogens with one attached hydrogen (secondary N) is 2. The van der Waals surface area contributed by atoms with E-state index in [4.69, 9.17) is 4.74 Å². The second-order valence-electron chi connectivity index (χ2n) is 5.90. The molecule has 2 aliphatic rings. The lowest BCUT2D eigenvalue weighted by atomic mass is 9.80. The lowest BCUT2D eigenvalue weighted by Crippen LogP contribution is -2.51. The van der Waals surface area contributed by atoms with Crippen molar-refractivity contribution in [2.75, 3.05) is 25.5 Å². The van der Waals surface area contributed by atoms with Crippen LogP contribution in [0.5, 0.6) is 0 Å². The van der Waals surface area contributed by atoms with E-state index in [1.54, 1.807) is 7.11 Å². The van der Waals surface area contributed by atoms with E-state index in [2.05, 4.69) is 22.8 Å². The summed E-state index contributed by atoms with van der Waals surface area (Å²) in [6, 6.07) is 8.20. The van der Waals surface area contributed by atoms with Crippen LogP contribution in [-0.2, 0) is 16.0 Å². The number of methoxy groups -OCH3 is 1. The highest BCUT2D eigenvalue weighted by Gasteiger charge is 2.37. The number of benzene rings is 1. The van der Waals surface area contributed by atoms with Crippen molar-refractivity contribution in [3.8, 4) is 0 Å². The van der Waals surface area contributed by atoms with Crippen molar-refractivity contribution < 1.29 is 9.53 Å². The van der Waals surface area contributed by atoms with E-state index in [0.717, 1.165) is 24.9 Å². The van der Waals surface area contributed by atoms with Gasteiger partial charge < -0.3 is 15.4 Å². The quantitative estimate of drug-likeness (QED) is 0.882. The van der Waals surface area contributed by atoms with Crippen molar-refractivity contribution in [1.82, 2.24) is 5.32 Å². The van der Waals surface area contributed by atoms with Gasteiger partial charge in [-0.2, -0.15) is 0 Å². The fraction of sp³-hybridized carbons (Fsp3) is 0.562. The average Bonchev–Trinajstić information content (AvgIpc) is 2.46. The maximum Gasteiger partial charge on any atom is 0.225 e. The molecule has 1 aromatic carbocycles. The van der Waals surface area contributed by atoms with Crippen LogP contribution in [0.2, 0.25) is 0 Å². The van der Waals surface area contributed by atoms with Crippen molar-refractivity contribution in [3.63, 3.8) is 0 Å². The summed E-state index contributed by atoms with van der Waals surface area (Å²) in [5.41, 5.74) is 2.28. The lowest BCUT2D eigenvalue weighted by molar-refractivity contribution is -0.128. The highest BCUT2D eigenvalue weighted by atomic mass is 16.5. The van der Waals surface area contributed by atoms with Gasteiger partial charge >= 0.3 is 0 Å². The van der Waals surface area contributed by atoms with E-state index in [1.165, 1.54) is 12.0 Å². The molecule has 1 unspecified atom stereocenters. The van der Waals surface area contributed by atoms with Crippen LogP contribution in [0.1, 0.15) is 24.8 Å².